The van der Waals surface area contributed by atoms with Crippen LogP contribution in [0.15, 0.2) is 202 Å². The number of benzene rings is 6. The molecule has 4 aliphatic heterocycles. The standard InChI is InChI=1S/C32H29N3O2.C20H21N3O2/c1-5-13-23(14-6-1)29-31(25-17-9-3-10-18-25)36-27(34-29)21-33-22-28-35-30(24-15-7-2-8-16-24)32(37-28)26-19-11-4-12-20-26;1-3-7-15(8-4-1)17-13-24-19(22-17)11-21-12-20-23-18(14-25-20)16-9-5-2-6-10-16/h1-20,29-33H,21-22H2;1-10,17-18,21H,11-14H2/t29-,30-,31+,32+;17-,18-/m11/s1. The highest BCUT2D eigenvalue weighted by molar-refractivity contribution is 5.84. The molecule has 62 heavy (non-hydrogen) atoms. The first-order chi connectivity index (χ1) is 30.7. The summed E-state index contributed by atoms with van der Waals surface area (Å²) in [7, 11) is 0. The molecule has 312 valence electrons. The lowest BCUT2D eigenvalue weighted by Gasteiger charge is -2.19. The van der Waals surface area contributed by atoms with E-state index in [1.165, 1.54) is 11.1 Å². The van der Waals surface area contributed by atoms with Crippen molar-refractivity contribution in [1.82, 2.24) is 10.6 Å². The average Bonchev–Trinajstić information content (AvgIpc) is 4.19. The fourth-order valence-corrected chi connectivity index (χ4v) is 7.97. The third-order valence-corrected chi connectivity index (χ3v) is 11.1. The molecule has 10 nitrogen and oxygen atoms in total. The van der Waals surface area contributed by atoms with Gasteiger partial charge < -0.3 is 29.6 Å². The van der Waals surface area contributed by atoms with Crippen molar-refractivity contribution in [3.05, 3.63) is 215 Å². The Balaban J connectivity index is 0.000000171. The molecule has 10 heteroatoms. The molecule has 4 heterocycles. The third kappa shape index (κ3) is 10.2. The number of ether oxygens (including phenoxy) is 4. The van der Waals surface area contributed by atoms with Gasteiger partial charge in [0.05, 0.1) is 26.2 Å². The molecule has 0 spiro atoms. The topological polar surface area (TPSA) is 110 Å². The molecule has 6 atom stereocenters. The van der Waals surface area contributed by atoms with E-state index in [4.69, 9.17) is 28.9 Å². The molecule has 0 amide bonds. The molecule has 0 aromatic heterocycles. The van der Waals surface area contributed by atoms with Gasteiger partial charge >= 0.3 is 0 Å². The molecule has 0 saturated carbocycles. The van der Waals surface area contributed by atoms with Crippen molar-refractivity contribution in [2.45, 2.75) is 36.4 Å². The Morgan fingerprint density at radius 2 is 0.629 bits per heavy atom. The maximum Gasteiger partial charge on any atom is 0.199 e. The lowest BCUT2D eigenvalue weighted by atomic mass is 9.97. The summed E-state index contributed by atoms with van der Waals surface area (Å²) in [6, 6.07) is 61.8. The first kappa shape index (κ1) is 40.5. The number of nitrogens with one attached hydrogen (secondary N) is 2. The number of aliphatic imine (C=N–C) groups is 4. The van der Waals surface area contributed by atoms with Gasteiger partial charge in [-0.25, -0.2) is 20.0 Å². The van der Waals surface area contributed by atoms with Gasteiger partial charge in [0.15, 0.2) is 35.8 Å². The lowest BCUT2D eigenvalue weighted by Crippen LogP contribution is -2.29. The van der Waals surface area contributed by atoms with Crippen molar-refractivity contribution >= 4 is 23.6 Å². The largest absolute Gasteiger partial charge is 0.477 e. The van der Waals surface area contributed by atoms with E-state index < -0.39 is 0 Å². The Morgan fingerprint density at radius 3 is 0.968 bits per heavy atom. The molecule has 2 N–H and O–H groups in total. The van der Waals surface area contributed by atoms with Crippen LogP contribution in [0.1, 0.15) is 69.8 Å². The fraction of sp³-hybridized carbons (Fsp3) is 0.231. The summed E-state index contributed by atoms with van der Waals surface area (Å²) < 4.78 is 24.1. The van der Waals surface area contributed by atoms with Crippen LogP contribution in [-0.4, -0.2) is 63.0 Å². The smallest absolute Gasteiger partial charge is 0.199 e. The number of rotatable bonds is 14. The van der Waals surface area contributed by atoms with E-state index in [0.717, 1.165) is 34.0 Å². The molecule has 6 aromatic rings. The zero-order valence-corrected chi connectivity index (χ0v) is 34.4. The van der Waals surface area contributed by atoms with Crippen LogP contribution in [-0.2, 0) is 18.9 Å². The summed E-state index contributed by atoms with van der Waals surface area (Å²) in [4.78, 5) is 19.2. The van der Waals surface area contributed by atoms with Gasteiger partial charge in [0.25, 0.3) is 0 Å². The summed E-state index contributed by atoms with van der Waals surface area (Å²) in [5, 5.41) is 6.75. The van der Waals surface area contributed by atoms with Crippen molar-refractivity contribution < 1.29 is 18.9 Å². The molecule has 0 unspecified atom stereocenters. The van der Waals surface area contributed by atoms with Gasteiger partial charge in [-0.1, -0.05) is 182 Å². The van der Waals surface area contributed by atoms with Crippen molar-refractivity contribution in [3.63, 3.8) is 0 Å². The molecule has 0 aliphatic carbocycles. The SMILES string of the molecule is c1ccc([C@H]2COC(CNCC3=N[C@@H](c4ccccc4)CO3)=N2)cc1.c1ccc([C@H]2N=C(CNCC3=N[C@H](c4ccccc4)[C@H](c4ccccc4)O3)O[C@H]2c2ccccc2)cc1. The molecule has 4 aliphatic rings. The number of nitrogens with zero attached hydrogens (tertiary/aromatic N) is 4. The molecular weight excluding hydrogens is 773 g/mol. The van der Waals surface area contributed by atoms with Crippen LogP contribution >= 0.6 is 0 Å². The van der Waals surface area contributed by atoms with Gasteiger partial charge in [0, 0.05) is 0 Å². The summed E-state index contributed by atoms with van der Waals surface area (Å²) in [6.07, 6.45) is -0.296. The van der Waals surface area contributed by atoms with Crippen molar-refractivity contribution in [1.29, 1.82) is 0 Å². The Hall–Kier alpha value is -6.88. The van der Waals surface area contributed by atoms with Crippen LogP contribution in [0.25, 0.3) is 0 Å². The van der Waals surface area contributed by atoms with Crippen molar-refractivity contribution in [2.75, 3.05) is 39.4 Å². The van der Waals surface area contributed by atoms with E-state index in [2.05, 4.69) is 93.4 Å². The minimum atomic E-state index is -0.148. The second-order valence-electron chi connectivity index (χ2n) is 15.4. The lowest BCUT2D eigenvalue weighted by molar-refractivity contribution is 0.189. The normalized spacial score (nSPS) is 22.4. The summed E-state index contributed by atoms with van der Waals surface area (Å²) in [5.74, 6) is 2.88. The van der Waals surface area contributed by atoms with Crippen molar-refractivity contribution in [2.24, 2.45) is 20.0 Å². The maximum atomic E-state index is 6.37. The molecule has 0 saturated heterocycles. The van der Waals surface area contributed by atoms with Crippen LogP contribution in [0.5, 0.6) is 0 Å². The Morgan fingerprint density at radius 1 is 0.339 bits per heavy atom. The Labute approximate surface area is 363 Å². The third-order valence-electron chi connectivity index (χ3n) is 11.1. The summed E-state index contributed by atoms with van der Waals surface area (Å²) in [6.45, 7) is 3.38. The Kier molecular flexibility index (Phi) is 13.2. The van der Waals surface area contributed by atoms with E-state index in [1.54, 1.807) is 0 Å². The molecule has 6 aromatic carbocycles. The van der Waals surface area contributed by atoms with Gasteiger partial charge in [-0.2, -0.15) is 0 Å². The highest BCUT2D eigenvalue weighted by atomic mass is 16.5. The number of hydrogen-bond acceptors (Lipinski definition) is 10. The van der Waals surface area contributed by atoms with E-state index in [9.17, 15) is 0 Å². The molecular formula is C52H50N6O4. The first-order valence-electron chi connectivity index (χ1n) is 21.3. The van der Waals surface area contributed by atoms with E-state index in [1.807, 2.05) is 109 Å². The van der Waals surface area contributed by atoms with Crippen LogP contribution in [0, 0.1) is 0 Å². The second-order valence-corrected chi connectivity index (χ2v) is 15.4. The van der Waals surface area contributed by atoms with Gasteiger partial charge in [0.2, 0.25) is 0 Å². The first-order valence-corrected chi connectivity index (χ1v) is 21.3. The predicted octanol–water partition coefficient (Wildman–Crippen LogP) is 9.31. The highest BCUT2D eigenvalue weighted by Gasteiger charge is 2.35. The summed E-state index contributed by atoms with van der Waals surface area (Å²) >= 11 is 0. The number of hydrogen-bond donors (Lipinski definition) is 2. The Bertz CT molecular complexity index is 2280. The van der Waals surface area contributed by atoms with Crippen LogP contribution in [0.4, 0.5) is 0 Å². The second kappa shape index (κ2) is 20.1. The molecule has 0 fully saturated rings. The van der Waals surface area contributed by atoms with E-state index >= 15 is 0 Å². The minimum absolute atomic E-state index is 0.0783. The van der Waals surface area contributed by atoms with Gasteiger partial charge in [-0.3, -0.25) is 0 Å². The van der Waals surface area contributed by atoms with Gasteiger partial charge in [0.1, 0.15) is 37.4 Å². The van der Waals surface area contributed by atoms with Gasteiger partial charge in [-0.05, 0) is 33.4 Å². The molecule has 0 bridgehead atoms. The summed E-state index contributed by atoms with van der Waals surface area (Å²) in [5.41, 5.74) is 6.90. The predicted molar refractivity (Wildman–Crippen MR) is 245 cm³/mol. The van der Waals surface area contributed by atoms with Crippen LogP contribution in [0.3, 0.4) is 0 Å². The van der Waals surface area contributed by atoms with Crippen molar-refractivity contribution in [3.8, 4) is 0 Å². The zero-order valence-electron chi connectivity index (χ0n) is 34.4. The fourth-order valence-electron chi connectivity index (χ4n) is 7.97. The maximum absolute atomic E-state index is 6.37. The molecule has 10 rings (SSSR count). The monoisotopic (exact) mass is 822 g/mol. The van der Waals surface area contributed by atoms with Gasteiger partial charge in [-0.15, -0.1) is 0 Å². The minimum Gasteiger partial charge on any atom is -0.477 e. The van der Waals surface area contributed by atoms with Crippen LogP contribution < -0.4 is 10.6 Å². The average molecular weight is 823 g/mol. The van der Waals surface area contributed by atoms with E-state index in [-0.39, 0.29) is 36.4 Å². The quantitative estimate of drug-likeness (QED) is 0.113. The molecule has 0 radical (unpaired) electrons. The van der Waals surface area contributed by atoms with Crippen LogP contribution in [0.2, 0.25) is 0 Å². The van der Waals surface area contributed by atoms with E-state index in [0.29, 0.717) is 51.2 Å². The highest BCUT2D eigenvalue weighted by Crippen LogP contribution is 2.41. The zero-order chi connectivity index (χ0) is 41.8.